The second-order valence-corrected chi connectivity index (χ2v) is 3.74. The molecule has 0 aliphatic heterocycles. The number of terminal acetylenes is 1. The lowest BCUT2D eigenvalue weighted by molar-refractivity contribution is 0.201. The fourth-order valence-corrected chi connectivity index (χ4v) is 1.67. The minimum absolute atomic E-state index is 0.0108. The van der Waals surface area contributed by atoms with Crippen molar-refractivity contribution in [2.24, 2.45) is 0 Å². The van der Waals surface area contributed by atoms with Crippen LogP contribution in [-0.4, -0.2) is 24.9 Å². The highest BCUT2D eigenvalue weighted by molar-refractivity contribution is 5.85. The van der Waals surface area contributed by atoms with Crippen molar-refractivity contribution in [2.75, 3.05) is 19.8 Å². The number of aliphatic hydroxyl groups excluding tert-OH is 1. The Morgan fingerprint density at radius 1 is 1.00 bits per heavy atom. The Balaban J connectivity index is 2.22. The predicted octanol–water partition coefficient (Wildman–Crippen LogP) is 2.22. The Kier molecular flexibility index (Phi) is 4.06. The van der Waals surface area contributed by atoms with Gasteiger partial charge in [-0.3, -0.25) is 0 Å². The van der Waals surface area contributed by atoms with Crippen LogP contribution >= 0.6 is 0 Å². The summed E-state index contributed by atoms with van der Waals surface area (Å²) in [5.41, 5.74) is 0. The molecule has 0 atom stereocenters. The number of hydrogen-bond donors (Lipinski definition) is 1. The zero-order chi connectivity index (χ0) is 12.8. The monoisotopic (exact) mass is 242 g/mol. The molecule has 0 aliphatic carbocycles. The molecular formula is C15H14O3. The van der Waals surface area contributed by atoms with E-state index in [0.29, 0.717) is 6.61 Å². The summed E-state index contributed by atoms with van der Waals surface area (Å²) in [4.78, 5) is 0. The van der Waals surface area contributed by atoms with Crippen molar-refractivity contribution in [2.45, 2.75) is 0 Å². The molecule has 0 saturated carbocycles. The van der Waals surface area contributed by atoms with Gasteiger partial charge >= 0.3 is 0 Å². The van der Waals surface area contributed by atoms with Crippen LogP contribution in [0.25, 0.3) is 10.8 Å². The molecule has 2 aromatic rings. The molecule has 0 fully saturated rings. The van der Waals surface area contributed by atoms with E-state index in [1.54, 1.807) is 0 Å². The molecule has 0 radical (unpaired) electrons. The maximum Gasteiger partial charge on any atom is 0.148 e. The molecular weight excluding hydrogens is 228 g/mol. The smallest absolute Gasteiger partial charge is 0.148 e. The topological polar surface area (TPSA) is 38.7 Å². The molecule has 18 heavy (non-hydrogen) atoms. The van der Waals surface area contributed by atoms with Crippen molar-refractivity contribution < 1.29 is 14.6 Å². The molecule has 92 valence electrons. The molecule has 1 N–H and O–H groups in total. The van der Waals surface area contributed by atoms with Gasteiger partial charge in [0.1, 0.15) is 24.7 Å². The van der Waals surface area contributed by atoms with Crippen LogP contribution in [0.4, 0.5) is 0 Å². The van der Waals surface area contributed by atoms with Gasteiger partial charge in [-0.05, 0) is 35.0 Å². The molecule has 0 aliphatic rings. The summed E-state index contributed by atoms with van der Waals surface area (Å²) in [7, 11) is 0. The van der Waals surface area contributed by atoms with Crippen LogP contribution in [0.5, 0.6) is 11.5 Å². The minimum Gasteiger partial charge on any atom is -0.491 e. The molecule has 3 heteroatoms. The lowest BCUT2D eigenvalue weighted by atomic mass is 10.1. The van der Waals surface area contributed by atoms with Crippen molar-refractivity contribution in [1.29, 1.82) is 0 Å². The SMILES string of the molecule is C#CCOc1ccc2cc(OCCO)ccc2c1. The van der Waals surface area contributed by atoms with Crippen molar-refractivity contribution in [3.05, 3.63) is 36.4 Å². The highest BCUT2D eigenvalue weighted by atomic mass is 16.5. The second kappa shape index (κ2) is 5.95. The van der Waals surface area contributed by atoms with Crippen LogP contribution in [0.15, 0.2) is 36.4 Å². The van der Waals surface area contributed by atoms with E-state index < -0.39 is 0 Å². The van der Waals surface area contributed by atoms with E-state index in [4.69, 9.17) is 21.0 Å². The van der Waals surface area contributed by atoms with Crippen LogP contribution in [0, 0.1) is 12.3 Å². The highest BCUT2D eigenvalue weighted by Crippen LogP contribution is 2.24. The van der Waals surface area contributed by atoms with E-state index >= 15 is 0 Å². The number of aliphatic hydroxyl groups is 1. The quantitative estimate of drug-likeness (QED) is 0.817. The van der Waals surface area contributed by atoms with Gasteiger partial charge in [-0.1, -0.05) is 18.1 Å². The third-order valence-electron chi connectivity index (χ3n) is 2.47. The van der Waals surface area contributed by atoms with Crippen LogP contribution < -0.4 is 9.47 Å². The van der Waals surface area contributed by atoms with E-state index in [1.165, 1.54) is 0 Å². The fraction of sp³-hybridized carbons (Fsp3) is 0.200. The molecule has 0 heterocycles. The fourth-order valence-electron chi connectivity index (χ4n) is 1.67. The van der Waals surface area contributed by atoms with Gasteiger partial charge in [0.2, 0.25) is 0 Å². The van der Waals surface area contributed by atoms with E-state index in [-0.39, 0.29) is 13.2 Å². The van der Waals surface area contributed by atoms with E-state index in [2.05, 4.69) is 5.92 Å². The third kappa shape index (κ3) is 2.93. The van der Waals surface area contributed by atoms with Gasteiger partial charge in [0.05, 0.1) is 6.61 Å². The first-order valence-corrected chi connectivity index (χ1v) is 5.67. The second-order valence-electron chi connectivity index (χ2n) is 3.74. The van der Waals surface area contributed by atoms with Crippen LogP contribution in [-0.2, 0) is 0 Å². The number of rotatable bonds is 5. The largest absolute Gasteiger partial charge is 0.491 e. The van der Waals surface area contributed by atoms with Crippen LogP contribution in [0.3, 0.4) is 0 Å². The zero-order valence-corrected chi connectivity index (χ0v) is 9.93. The lowest BCUT2D eigenvalue weighted by Crippen LogP contribution is -2.01. The number of ether oxygens (including phenoxy) is 2. The van der Waals surface area contributed by atoms with Gasteiger partial charge in [-0.2, -0.15) is 0 Å². The Morgan fingerprint density at radius 2 is 1.61 bits per heavy atom. The lowest BCUT2D eigenvalue weighted by Gasteiger charge is -2.07. The summed E-state index contributed by atoms with van der Waals surface area (Å²) in [5.74, 6) is 3.93. The number of hydrogen-bond acceptors (Lipinski definition) is 3. The number of fused-ring (bicyclic) bond motifs is 1. The average molecular weight is 242 g/mol. The van der Waals surface area contributed by atoms with Gasteiger partial charge in [-0.15, -0.1) is 6.42 Å². The van der Waals surface area contributed by atoms with Crippen molar-refractivity contribution in [3.8, 4) is 23.8 Å². The molecule has 0 bridgehead atoms. The van der Waals surface area contributed by atoms with Gasteiger partial charge in [-0.25, -0.2) is 0 Å². The van der Waals surface area contributed by atoms with Gasteiger partial charge in [0, 0.05) is 0 Å². The maximum absolute atomic E-state index is 8.70. The van der Waals surface area contributed by atoms with E-state index in [9.17, 15) is 0 Å². The molecule has 0 aromatic heterocycles. The Hall–Kier alpha value is -2.18. The van der Waals surface area contributed by atoms with E-state index in [1.807, 2.05) is 36.4 Å². The first-order valence-electron chi connectivity index (χ1n) is 5.67. The normalized spacial score (nSPS) is 10.0. The molecule has 0 unspecified atom stereocenters. The minimum atomic E-state index is 0.0108. The first kappa shape index (κ1) is 12.3. The summed E-state index contributed by atoms with van der Waals surface area (Å²) >= 11 is 0. The maximum atomic E-state index is 8.70. The van der Waals surface area contributed by atoms with Gasteiger partial charge in [0.25, 0.3) is 0 Å². The van der Waals surface area contributed by atoms with Crippen LogP contribution in [0.2, 0.25) is 0 Å². The predicted molar refractivity (Wildman–Crippen MR) is 70.9 cm³/mol. The molecule has 2 aromatic carbocycles. The molecule has 3 nitrogen and oxygen atoms in total. The van der Waals surface area contributed by atoms with Gasteiger partial charge in [0.15, 0.2) is 0 Å². The zero-order valence-electron chi connectivity index (χ0n) is 9.93. The summed E-state index contributed by atoms with van der Waals surface area (Å²) < 4.78 is 10.7. The summed E-state index contributed by atoms with van der Waals surface area (Å²) in [5, 5.41) is 10.8. The summed E-state index contributed by atoms with van der Waals surface area (Å²) in [6, 6.07) is 11.5. The summed E-state index contributed by atoms with van der Waals surface area (Å²) in [6.07, 6.45) is 5.14. The standard InChI is InChI=1S/C15H14O3/c1-2-8-17-14-5-3-13-11-15(18-9-7-16)6-4-12(13)10-14/h1,3-6,10-11,16H,7-9H2. The highest BCUT2D eigenvalue weighted by Gasteiger charge is 2.00. The van der Waals surface area contributed by atoms with Gasteiger partial charge < -0.3 is 14.6 Å². The molecule has 0 amide bonds. The Bertz CT molecular complexity index is 569. The third-order valence-corrected chi connectivity index (χ3v) is 2.47. The van der Waals surface area contributed by atoms with Crippen molar-refractivity contribution in [1.82, 2.24) is 0 Å². The molecule has 2 rings (SSSR count). The average Bonchev–Trinajstić information content (AvgIpc) is 2.42. The summed E-state index contributed by atoms with van der Waals surface area (Å²) in [6.45, 7) is 0.578. The first-order chi connectivity index (χ1) is 8.83. The van der Waals surface area contributed by atoms with Crippen molar-refractivity contribution in [3.63, 3.8) is 0 Å². The Morgan fingerprint density at radius 3 is 2.17 bits per heavy atom. The molecule has 0 saturated heterocycles. The van der Waals surface area contributed by atoms with Crippen molar-refractivity contribution >= 4 is 10.8 Å². The van der Waals surface area contributed by atoms with E-state index in [0.717, 1.165) is 22.3 Å². The Labute approximate surface area is 106 Å². The number of benzene rings is 2. The van der Waals surface area contributed by atoms with Crippen LogP contribution in [0.1, 0.15) is 0 Å². The molecule has 0 spiro atoms.